The third-order valence-corrected chi connectivity index (χ3v) is 3.87. The zero-order valence-corrected chi connectivity index (χ0v) is 12.7. The second kappa shape index (κ2) is 5.56. The van der Waals surface area contributed by atoms with Crippen molar-refractivity contribution in [3.8, 4) is 0 Å². The Labute approximate surface area is 123 Å². The molecule has 0 unspecified atom stereocenters. The maximum absolute atomic E-state index is 6.01. The summed E-state index contributed by atoms with van der Waals surface area (Å²) in [4.78, 5) is 13.0. The Bertz CT molecular complexity index is 601. The highest BCUT2D eigenvalue weighted by Gasteiger charge is 2.19. The summed E-state index contributed by atoms with van der Waals surface area (Å²) in [6.07, 6.45) is 6.79. The van der Waals surface area contributed by atoms with E-state index in [0.717, 1.165) is 17.9 Å². The molecule has 2 aromatic rings. The topological polar surface area (TPSA) is 55.6 Å². The van der Waals surface area contributed by atoms with Crippen molar-refractivity contribution in [3.63, 3.8) is 0 Å². The molecule has 6 heteroatoms. The minimum absolute atomic E-state index is 0.257. The first kappa shape index (κ1) is 13.6. The number of rotatable bonds is 4. The predicted molar refractivity (Wildman–Crippen MR) is 81.0 cm³/mol. The molecule has 1 aliphatic carbocycles. The Hall–Kier alpha value is -1.36. The number of hydrogen-bond acceptors (Lipinski definition) is 4. The van der Waals surface area contributed by atoms with E-state index in [9.17, 15) is 0 Å². The average molecular weight is 294 g/mol. The Morgan fingerprint density at radius 2 is 2.10 bits per heavy atom. The van der Waals surface area contributed by atoms with Crippen molar-refractivity contribution in [2.75, 3.05) is 5.32 Å². The number of halogens is 1. The van der Waals surface area contributed by atoms with E-state index in [1.807, 2.05) is 6.33 Å². The molecule has 0 radical (unpaired) electrons. The normalized spacial score (nSPS) is 16.4. The minimum Gasteiger partial charge on any atom is -0.365 e. The maximum Gasteiger partial charge on any atom is 0.226 e. The summed E-state index contributed by atoms with van der Waals surface area (Å²) in [6.45, 7) is 5.28. The molecule has 5 nitrogen and oxygen atoms in total. The monoisotopic (exact) mass is 293 g/mol. The van der Waals surface area contributed by atoms with Crippen LogP contribution < -0.4 is 5.32 Å². The van der Waals surface area contributed by atoms with Crippen LogP contribution in [-0.4, -0.2) is 25.6 Å². The van der Waals surface area contributed by atoms with Crippen molar-refractivity contribution in [1.82, 2.24) is 19.5 Å². The molecule has 0 aromatic carbocycles. The van der Waals surface area contributed by atoms with Gasteiger partial charge in [0.1, 0.15) is 5.52 Å². The first-order chi connectivity index (χ1) is 9.63. The fourth-order valence-electron chi connectivity index (χ4n) is 2.85. The van der Waals surface area contributed by atoms with E-state index in [0.29, 0.717) is 17.6 Å². The number of imidazole rings is 1. The van der Waals surface area contributed by atoms with Crippen LogP contribution in [0, 0.1) is 5.92 Å². The van der Waals surface area contributed by atoms with Crippen LogP contribution in [0.4, 0.5) is 5.82 Å². The molecule has 0 atom stereocenters. The summed E-state index contributed by atoms with van der Waals surface area (Å²) in [5, 5.41) is 3.79. The van der Waals surface area contributed by atoms with Crippen LogP contribution in [0.3, 0.4) is 0 Å². The number of hydrogen-bond donors (Lipinski definition) is 1. The fourth-order valence-corrected chi connectivity index (χ4v) is 3.01. The number of aromatic nitrogens is 4. The van der Waals surface area contributed by atoms with Gasteiger partial charge in [-0.25, -0.2) is 4.98 Å². The van der Waals surface area contributed by atoms with E-state index >= 15 is 0 Å². The van der Waals surface area contributed by atoms with Crippen LogP contribution in [0.25, 0.3) is 11.2 Å². The van der Waals surface area contributed by atoms with Gasteiger partial charge < -0.3 is 9.88 Å². The van der Waals surface area contributed by atoms with Crippen molar-refractivity contribution < 1.29 is 0 Å². The van der Waals surface area contributed by atoms with Crippen molar-refractivity contribution in [2.45, 2.75) is 52.1 Å². The van der Waals surface area contributed by atoms with E-state index in [1.165, 1.54) is 25.7 Å². The lowest BCUT2D eigenvalue weighted by Gasteiger charge is -2.15. The quantitative estimate of drug-likeness (QED) is 0.877. The zero-order chi connectivity index (χ0) is 14.1. The van der Waals surface area contributed by atoms with E-state index in [4.69, 9.17) is 11.6 Å². The molecule has 1 N–H and O–H groups in total. The molecular weight excluding hydrogens is 274 g/mol. The molecule has 2 heterocycles. The lowest BCUT2D eigenvalue weighted by molar-refractivity contribution is 0.532. The lowest BCUT2D eigenvalue weighted by atomic mass is 10.2. The van der Waals surface area contributed by atoms with E-state index in [2.05, 4.69) is 38.7 Å². The smallest absolute Gasteiger partial charge is 0.226 e. The first-order valence-corrected chi connectivity index (χ1v) is 7.66. The summed E-state index contributed by atoms with van der Waals surface area (Å²) in [6, 6.07) is 0.492. The van der Waals surface area contributed by atoms with Gasteiger partial charge in [-0.15, -0.1) is 0 Å². The van der Waals surface area contributed by atoms with Crippen molar-refractivity contribution in [1.29, 1.82) is 0 Å². The van der Waals surface area contributed by atoms with Gasteiger partial charge in [0, 0.05) is 12.6 Å². The highest BCUT2D eigenvalue weighted by Crippen LogP contribution is 2.27. The van der Waals surface area contributed by atoms with Gasteiger partial charge >= 0.3 is 0 Å². The third-order valence-electron chi connectivity index (χ3n) is 3.70. The molecule has 2 aromatic heterocycles. The average Bonchev–Trinajstić information content (AvgIpc) is 2.98. The van der Waals surface area contributed by atoms with Gasteiger partial charge in [-0.3, -0.25) is 0 Å². The molecule has 0 spiro atoms. The van der Waals surface area contributed by atoms with Crippen LogP contribution in [0.15, 0.2) is 6.33 Å². The SMILES string of the molecule is CC(C)Cn1cnc2nc(Cl)nc(NC3CCCC3)c21. The Kier molecular flexibility index (Phi) is 3.78. The predicted octanol–water partition coefficient (Wildman–Crippen LogP) is 3.49. The van der Waals surface area contributed by atoms with Gasteiger partial charge in [-0.1, -0.05) is 26.7 Å². The van der Waals surface area contributed by atoms with Crippen LogP contribution in [0.5, 0.6) is 0 Å². The number of anilines is 1. The number of fused-ring (bicyclic) bond motifs is 1. The highest BCUT2D eigenvalue weighted by molar-refractivity contribution is 6.28. The number of nitrogens with one attached hydrogen (secondary N) is 1. The Morgan fingerprint density at radius 3 is 2.80 bits per heavy atom. The van der Waals surface area contributed by atoms with E-state index in [1.54, 1.807) is 0 Å². The largest absolute Gasteiger partial charge is 0.365 e. The standard InChI is InChI=1S/C14H20ClN5/c1-9(2)7-20-8-16-12-11(20)13(19-14(15)18-12)17-10-5-3-4-6-10/h8-10H,3-7H2,1-2H3,(H,17,18,19). The van der Waals surface area contributed by atoms with E-state index < -0.39 is 0 Å². The summed E-state index contributed by atoms with van der Waals surface area (Å²) in [5.41, 5.74) is 1.64. The van der Waals surface area contributed by atoms with Crippen LogP contribution in [0.1, 0.15) is 39.5 Å². The van der Waals surface area contributed by atoms with Gasteiger partial charge in [0.2, 0.25) is 5.28 Å². The second-order valence-electron chi connectivity index (χ2n) is 5.93. The van der Waals surface area contributed by atoms with Crippen molar-refractivity contribution >= 4 is 28.6 Å². The zero-order valence-electron chi connectivity index (χ0n) is 11.9. The molecule has 0 bridgehead atoms. The summed E-state index contributed by atoms with van der Waals surface area (Å²) in [7, 11) is 0. The second-order valence-corrected chi connectivity index (χ2v) is 6.27. The fraction of sp³-hybridized carbons (Fsp3) is 0.643. The molecule has 108 valence electrons. The third kappa shape index (κ3) is 2.73. The minimum atomic E-state index is 0.257. The number of nitrogens with zero attached hydrogens (tertiary/aromatic N) is 4. The van der Waals surface area contributed by atoms with Gasteiger partial charge in [0.25, 0.3) is 0 Å². The molecule has 0 saturated heterocycles. The summed E-state index contributed by atoms with van der Waals surface area (Å²) < 4.78 is 2.12. The van der Waals surface area contributed by atoms with E-state index in [-0.39, 0.29) is 5.28 Å². The molecule has 0 aliphatic heterocycles. The Morgan fingerprint density at radius 1 is 1.35 bits per heavy atom. The van der Waals surface area contributed by atoms with Crippen LogP contribution in [0.2, 0.25) is 5.28 Å². The molecule has 1 fully saturated rings. The van der Waals surface area contributed by atoms with Gasteiger partial charge in [0.15, 0.2) is 11.5 Å². The summed E-state index contributed by atoms with van der Waals surface area (Å²) >= 11 is 6.01. The molecular formula is C14H20ClN5. The van der Waals surface area contributed by atoms with Gasteiger partial charge in [-0.2, -0.15) is 9.97 Å². The highest BCUT2D eigenvalue weighted by atomic mass is 35.5. The Balaban J connectivity index is 2.00. The van der Waals surface area contributed by atoms with Crippen LogP contribution >= 0.6 is 11.6 Å². The molecule has 0 amide bonds. The van der Waals surface area contributed by atoms with Crippen molar-refractivity contribution in [3.05, 3.63) is 11.6 Å². The molecule has 1 saturated carbocycles. The van der Waals surface area contributed by atoms with Crippen LogP contribution in [-0.2, 0) is 6.54 Å². The van der Waals surface area contributed by atoms with Crippen molar-refractivity contribution in [2.24, 2.45) is 5.92 Å². The van der Waals surface area contributed by atoms with Gasteiger partial charge in [0.05, 0.1) is 6.33 Å². The molecule has 1 aliphatic rings. The maximum atomic E-state index is 6.01. The lowest BCUT2D eigenvalue weighted by Crippen LogP contribution is -2.17. The first-order valence-electron chi connectivity index (χ1n) is 7.28. The molecule has 20 heavy (non-hydrogen) atoms. The molecule has 3 rings (SSSR count). The summed E-state index contributed by atoms with van der Waals surface area (Å²) in [5.74, 6) is 1.37. The van der Waals surface area contributed by atoms with Gasteiger partial charge in [-0.05, 0) is 30.4 Å².